The predicted molar refractivity (Wildman–Crippen MR) is 105 cm³/mol. The summed E-state index contributed by atoms with van der Waals surface area (Å²) >= 11 is 1.25. The average Bonchev–Trinajstić information content (AvgIpc) is 3.41. The molecule has 28 heavy (non-hydrogen) atoms. The van der Waals surface area contributed by atoms with Crippen LogP contribution in [0.4, 0.5) is 5.13 Å². The van der Waals surface area contributed by atoms with Crippen molar-refractivity contribution in [2.45, 2.75) is 4.90 Å². The van der Waals surface area contributed by atoms with E-state index in [9.17, 15) is 13.2 Å². The van der Waals surface area contributed by atoms with E-state index in [-0.39, 0.29) is 4.90 Å². The standard InChI is InChI=1S/C19H14N2O5S2/c1-28(23,24)13-8-6-12(7-9-13)18(22)21-19-20-16(14-4-2-10-25-14)17(27-19)15-5-3-11-26-15/h2-11H,1H3,(H,20,21,22). The monoisotopic (exact) mass is 414 g/mol. The molecule has 4 rings (SSSR count). The van der Waals surface area contributed by atoms with Crippen molar-refractivity contribution in [3.63, 3.8) is 0 Å². The fraction of sp³-hybridized carbons (Fsp3) is 0.0526. The number of carbonyl (C=O) groups is 1. The first-order chi connectivity index (χ1) is 13.4. The van der Waals surface area contributed by atoms with Gasteiger partial charge in [0.25, 0.3) is 5.91 Å². The summed E-state index contributed by atoms with van der Waals surface area (Å²) in [6.45, 7) is 0. The summed E-state index contributed by atoms with van der Waals surface area (Å²) in [6, 6.07) is 12.8. The van der Waals surface area contributed by atoms with Gasteiger partial charge in [-0.15, -0.1) is 0 Å². The molecule has 0 fully saturated rings. The Balaban J connectivity index is 1.63. The number of nitrogens with one attached hydrogen (secondary N) is 1. The number of furan rings is 2. The summed E-state index contributed by atoms with van der Waals surface area (Å²) in [5.74, 6) is 0.772. The highest BCUT2D eigenvalue weighted by molar-refractivity contribution is 7.90. The van der Waals surface area contributed by atoms with Gasteiger partial charge in [0.05, 0.1) is 17.4 Å². The number of hydrogen-bond acceptors (Lipinski definition) is 7. The van der Waals surface area contributed by atoms with E-state index in [1.807, 2.05) is 0 Å². The number of aromatic nitrogens is 1. The predicted octanol–water partition coefficient (Wildman–Crippen LogP) is 4.32. The first kappa shape index (κ1) is 18.2. The van der Waals surface area contributed by atoms with Gasteiger partial charge in [0, 0.05) is 11.8 Å². The Bertz CT molecular complexity index is 1150. The second kappa shape index (κ2) is 7.10. The Hall–Kier alpha value is -3.17. The van der Waals surface area contributed by atoms with Gasteiger partial charge in [-0.25, -0.2) is 13.4 Å². The fourth-order valence-corrected chi connectivity index (χ4v) is 4.12. The van der Waals surface area contributed by atoms with Gasteiger partial charge in [0.2, 0.25) is 0 Å². The Morgan fingerprint density at radius 1 is 1.00 bits per heavy atom. The zero-order valence-electron chi connectivity index (χ0n) is 14.6. The maximum absolute atomic E-state index is 12.5. The molecule has 0 unspecified atom stereocenters. The van der Waals surface area contributed by atoms with Crippen molar-refractivity contribution < 1.29 is 22.0 Å². The summed E-state index contributed by atoms with van der Waals surface area (Å²) in [6.07, 6.45) is 4.22. The maximum Gasteiger partial charge on any atom is 0.257 e. The SMILES string of the molecule is CS(=O)(=O)c1ccc(C(=O)Nc2nc(-c3ccco3)c(-c3ccco3)s2)cc1. The number of carbonyl (C=O) groups excluding carboxylic acids is 1. The van der Waals surface area contributed by atoms with Gasteiger partial charge >= 0.3 is 0 Å². The minimum atomic E-state index is -3.32. The van der Waals surface area contributed by atoms with Crippen LogP contribution in [0.1, 0.15) is 10.4 Å². The topological polar surface area (TPSA) is 102 Å². The van der Waals surface area contributed by atoms with Crippen LogP contribution in [0, 0.1) is 0 Å². The number of rotatable bonds is 5. The number of nitrogens with zero attached hydrogens (tertiary/aromatic N) is 1. The highest BCUT2D eigenvalue weighted by atomic mass is 32.2. The third kappa shape index (κ3) is 3.62. The van der Waals surface area contributed by atoms with E-state index < -0.39 is 15.7 Å². The van der Waals surface area contributed by atoms with E-state index in [1.165, 1.54) is 35.6 Å². The van der Waals surface area contributed by atoms with Crippen molar-refractivity contribution in [3.8, 4) is 22.1 Å². The third-order valence-corrected chi connectivity index (χ3v) is 6.01. The molecule has 3 aromatic heterocycles. The Morgan fingerprint density at radius 2 is 1.64 bits per heavy atom. The molecule has 0 radical (unpaired) electrons. The summed E-state index contributed by atoms with van der Waals surface area (Å²) < 4.78 is 34.0. The molecule has 7 nitrogen and oxygen atoms in total. The normalized spacial score (nSPS) is 11.5. The number of amides is 1. The van der Waals surface area contributed by atoms with Crippen LogP contribution in [0.2, 0.25) is 0 Å². The van der Waals surface area contributed by atoms with Gasteiger partial charge in [-0.2, -0.15) is 0 Å². The number of anilines is 1. The molecule has 1 aromatic carbocycles. The van der Waals surface area contributed by atoms with Gasteiger partial charge in [0.15, 0.2) is 20.7 Å². The van der Waals surface area contributed by atoms with Crippen LogP contribution in [0.3, 0.4) is 0 Å². The molecule has 0 saturated heterocycles. The largest absolute Gasteiger partial charge is 0.463 e. The minimum absolute atomic E-state index is 0.151. The van der Waals surface area contributed by atoms with E-state index in [1.54, 1.807) is 36.8 Å². The van der Waals surface area contributed by atoms with Crippen molar-refractivity contribution in [3.05, 3.63) is 66.6 Å². The molecular formula is C19H14N2O5S2. The summed E-state index contributed by atoms with van der Waals surface area (Å²) in [7, 11) is -3.32. The van der Waals surface area contributed by atoms with Crippen LogP contribution in [0.5, 0.6) is 0 Å². The Kier molecular flexibility index (Phi) is 4.62. The van der Waals surface area contributed by atoms with Crippen LogP contribution >= 0.6 is 11.3 Å². The van der Waals surface area contributed by atoms with Crippen LogP contribution < -0.4 is 5.32 Å². The third-order valence-electron chi connectivity index (χ3n) is 3.89. The van der Waals surface area contributed by atoms with E-state index >= 15 is 0 Å². The van der Waals surface area contributed by atoms with E-state index in [2.05, 4.69) is 10.3 Å². The van der Waals surface area contributed by atoms with E-state index in [4.69, 9.17) is 8.83 Å². The molecule has 1 N–H and O–H groups in total. The van der Waals surface area contributed by atoms with Crippen molar-refractivity contribution in [1.82, 2.24) is 4.98 Å². The Morgan fingerprint density at radius 3 is 2.21 bits per heavy atom. The maximum atomic E-state index is 12.5. The summed E-state index contributed by atoms with van der Waals surface area (Å²) in [5.41, 5.74) is 0.884. The lowest BCUT2D eigenvalue weighted by molar-refractivity contribution is 0.102. The molecule has 0 bridgehead atoms. The second-order valence-electron chi connectivity index (χ2n) is 5.90. The quantitative estimate of drug-likeness (QED) is 0.522. The molecule has 142 valence electrons. The van der Waals surface area contributed by atoms with Crippen molar-refractivity contribution in [2.75, 3.05) is 11.6 Å². The number of benzene rings is 1. The molecule has 4 aromatic rings. The zero-order valence-corrected chi connectivity index (χ0v) is 16.2. The average molecular weight is 414 g/mol. The lowest BCUT2D eigenvalue weighted by Crippen LogP contribution is -2.11. The molecule has 1 amide bonds. The molecule has 0 aliphatic carbocycles. The van der Waals surface area contributed by atoms with E-state index in [0.717, 1.165) is 11.1 Å². The smallest absolute Gasteiger partial charge is 0.257 e. The lowest BCUT2D eigenvalue weighted by atomic mass is 10.2. The van der Waals surface area contributed by atoms with Crippen LogP contribution in [0.15, 0.2) is 74.8 Å². The highest BCUT2D eigenvalue weighted by Gasteiger charge is 2.20. The molecule has 0 saturated carbocycles. The first-order valence-corrected chi connectivity index (χ1v) is 10.8. The fourth-order valence-electron chi connectivity index (χ4n) is 2.55. The van der Waals surface area contributed by atoms with Gasteiger partial charge < -0.3 is 8.83 Å². The van der Waals surface area contributed by atoms with E-state index in [0.29, 0.717) is 27.9 Å². The molecule has 0 atom stereocenters. The van der Waals surface area contributed by atoms with Crippen LogP contribution in [-0.2, 0) is 9.84 Å². The number of sulfone groups is 1. The minimum Gasteiger partial charge on any atom is -0.463 e. The van der Waals surface area contributed by atoms with Gasteiger partial charge in [0.1, 0.15) is 16.3 Å². The lowest BCUT2D eigenvalue weighted by Gasteiger charge is -2.03. The van der Waals surface area contributed by atoms with Gasteiger partial charge in [-0.05, 0) is 48.5 Å². The van der Waals surface area contributed by atoms with Crippen molar-refractivity contribution in [2.24, 2.45) is 0 Å². The van der Waals surface area contributed by atoms with Crippen LogP contribution in [-0.4, -0.2) is 25.6 Å². The number of hydrogen-bond donors (Lipinski definition) is 1. The van der Waals surface area contributed by atoms with Crippen LogP contribution in [0.25, 0.3) is 22.1 Å². The van der Waals surface area contributed by atoms with Gasteiger partial charge in [-0.1, -0.05) is 11.3 Å². The first-order valence-electron chi connectivity index (χ1n) is 8.12. The van der Waals surface area contributed by atoms with Gasteiger partial charge in [-0.3, -0.25) is 10.1 Å². The van der Waals surface area contributed by atoms with Crippen molar-refractivity contribution >= 4 is 32.2 Å². The molecule has 0 spiro atoms. The molecule has 0 aliphatic rings. The molecular weight excluding hydrogens is 400 g/mol. The zero-order chi connectivity index (χ0) is 19.7. The Labute approximate surface area is 164 Å². The molecule has 9 heteroatoms. The summed E-state index contributed by atoms with van der Waals surface area (Å²) in [5, 5.41) is 3.11. The number of thiazole rings is 1. The molecule has 0 aliphatic heterocycles. The summed E-state index contributed by atoms with van der Waals surface area (Å²) in [4.78, 5) is 17.9. The molecule has 3 heterocycles. The second-order valence-corrected chi connectivity index (χ2v) is 8.92. The highest BCUT2D eigenvalue weighted by Crippen LogP contribution is 2.39. The van der Waals surface area contributed by atoms with Crippen molar-refractivity contribution in [1.29, 1.82) is 0 Å².